The van der Waals surface area contributed by atoms with E-state index in [1.165, 1.54) is 11.3 Å². The molecule has 2 aromatic rings. The minimum atomic E-state index is -0.682. The zero-order valence-corrected chi connectivity index (χ0v) is 18.4. The number of nitrogens with one attached hydrogen (secondary N) is 1. The van der Waals surface area contributed by atoms with E-state index in [4.69, 9.17) is 0 Å². The van der Waals surface area contributed by atoms with E-state index < -0.39 is 4.75 Å². The molecule has 8 heteroatoms. The molecule has 1 unspecified atom stereocenters. The molecule has 3 rings (SSSR count). The number of carbonyl (C=O) groups is 1. The molecule has 0 saturated heterocycles. The Morgan fingerprint density at radius 3 is 2.52 bits per heavy atom. The van der Waals surface area contributed by atoms with Crippen LogP contribution in [0.2, 0.25) is 0 Å². The third-order valence-corrected chi connectivity index (χ3v) is 6.60. The largest absolute Gasteiger partial charge is 0.378 e. The minimum Gasteiger partial charge on any atom is -0.378 e. The first kappa shape index (κ1) is 20.4. The van der Waals surface area contributed by atoms with E-state index in [2.05, 4.69) is 46.0 Å². The van der Waals surface area contributed by atoms with E-state index in [0.29, 0.717) is 6.42 Å². The van der Waals surface area contributed by atoms with Crippen LogP contribution in [0.3, 0.4) is 0 Å². The van der Waals surface area contributed by atoms with Gasteiger partial charge in [0.05, 0.1) is 5.69 Å². The maximum atomic E-state index is 12.1. The molecule has 0 fully saturated rings. The zero-order chi connectivity index (χ0) is 17.3. The Morgan fingerprint density at radius 1 is 1.32 bits per heavy atom. The summed E-state index contributed by atoms with van der Waals surface area (Å²) >= 11 is 7.16. The molecule has 1 aromatic heterocycles. The van der Waals surface area contributed by atoms with Crippen molar-refractivity contribution in [1.82, 2.24) is 4.98 Å². The van der Waals surface area contributed by atoms with Gasteiger partial charge in [0.2, 0.25) is 5.12 Å². The van der Waals surface area contributed by atoms with Gasteiger partial charge in [-0.15, -0.1) is 52.7 Å². The van der Waals surface area contributed by atoms with Crippen molar-refractivity contribution in [3.05, 3.63) is 46.3 Å². The van der Waals surface area contributed by atoms with Crippen molar-refractivity contribution in [2.75, 3.05) is 24.3 Å². The maximum Gasteiger partial charge on any atom is 0.208 e. The molecular weight excluding hydrogens is 438 g/mol. The van der Waals surface area contributed by atoms with Crippen LogP contribution in [0.1, 0.15) is 19.0 Å². The van der Waals surface area contributed by atoms with E-state index in [1.54, 1.807) is 11.8 Å². The van der Waals surface area contributed by atoms with Crippen LogP contribution in [-0.2, 0) is 9.54 Å². The number of rotatable bonds is 5. The Labute approximate surface area is 172 Å². The van der Waals surface area contributed by atoms with Crippen LogP contribution in [-0.4, -0.2) is 24.2 Å². The highest BCUT2D eigenvalue weighted by molar-refractivity contribution is 8.93. The van der Waals surface area contributed by atoms with Crippen molar-refractivity contribution in [1.29, 1.82) is 0 Å². The monoisotopic (exact) mass is 457 g/mol. The Balaban J connectivity index is 0.00000225. The first-order valence-corrected chi connectivity index (χ1v) is 9.64. The number of allylic oxidation sites excluding steroid dienone is 2. The van der Waals surface area contributed by atoms with Gasteiger partial charge in [-0.05, 0) is 42.5 Å². The van der Waals surface area contributed by atoms with Gasteiger partial charge >= 0.3 is 0 Å². The van der Waals surface area contributed by atoms with Crippen LogP contribution in [0.5, 0.6) is 0 Å². The predicted octanol–water partition coefficient (Wildman–Crippen LogP) is 5.22. The van der Waals surface area contributed by atoms with Crippen molar-refractivity contribution in [3.63, 3.8) is 0 Å². The topological polar surface area (TPSA) is 45.2 Å². The molecular formula is C17H20BrN3OS3. The maximum absolute atomic E-state index is 12.1. The number of hydrogen-bond acceptors (Lipinski definition) is 6. The van der Waals surface area contributed by atoms with Crippen LogP contribution in [0.25, 0.3) is 0 Å². The summed E-state index contributed by atoms with van der Waals surface area (Å²) in [6.45, 7) is 2.01. The molecule has 1 N–H and O–H groups in total. The fraction of sp³-hybridized carbons (Fsp3) is 0.294. The number of nitrogens with zero attached hydrogens (tertiary/aromatic N) is 2. The molecule has 1 aliphatic rings. The van der Waals surface area contributed by atoms with E-state index in [1.807, 2.05) is 38.5 Å². The molecule has 0 radical (unpaired) electrons. The Hall–Kier alpha value is -0.960. The lowest BCUT2D eigenvalue weighted by Gasteiger charge is -2.22. The average molecular weight is 458 g/mol. The highest BCUT2D eigenvalue weighted by atomic mass is 79.9. The van der Waals surface area contributed by atoms with Crippen LogP contribution in [0.4, 0.5) is 16.5 Å². The number of aromatic nitrogens is 1. The highest BCUT2D eigenvalue weighted by Gasteiger charge is 2.43. The molecule has 1 atom stereocenters. The highest BCUT2D eigenvalue weighted by Crippen LogP contribution is 2.51. The van der Waals surface area contributed by atoms with Gasteiger partial charge in [0, 0.05) is 30.9 Å². The van der Waals surface area contributed by atoms with E-state index in [-0.39, 0.29) is 22.1 Å². The standard InChI is InChI=1S/C17H19N3OS3.BrH/c1-11-8-9-17(24-11,15(21)22)14-10-23-16(19-14)18-12-4-6-13(7-5-12)20(2)3;/h4-8,10H,9H2,1-3H3,(H,18,19)(H,21,22);1H. The summed E-state index contributed by atoms with van der Waals surface area (Å²) in [7, 11) is 4.03. The molecule has 4 nitrogen and oxygen atoms in total. The third kappa shape index (κ3) is 4.24. The third-order valence-electron chi connectivity index (χ3n) is 3.91. The second kappa shape index (κ2) is 8.16. The molecule has 25 heavy (non-hydrogen) atoms. The van der Waals surface area contributed by atoms with Gasteiger partial charge < -0.3 is 10.2 Å². The van der Waals surface area contributed by atoms with Crippen LogP contribution < -0.4 is 10.2 Å². The van der Waals surface area contributed by atoms with E-state index >= 15 is 0 Å². The van der Waals surface area contributed by atoms with Crippen molar-refractivity contribution < 1.29 is 4.79 Å². The molecule has 0 saturated carbocycles. The lowest BCUT2D eigenvalue weighted by Crippen LogP contribution is -2.26. The molecule has 1 aromatic carbocycles. The number of carbonyl (C=O) groups excluding carboxylic acids is 1. The summed E-state index contributed by atoms with van der Waals surface area (Å²) in [5, 5.41) is 5.89. The van der Waals surface area contributed by atoms with Crippen molar-refractivity contribution in [3.8, 4) is 0 Å². The lowest BCUT2D eigenvalue weighted by molar-refractivity contribution is -0.113. The second-order valence-corrected chi connectivity index (χ2v) is 8.67. The Kier molecular flexibility index (Phi) is 6.64. The molecule has 0 aliphatic carbocycles. The molecule has 0 amide bonds. The van der Waals surface area contributed by atoms with Gasteiger partial charge in [0.15, 0.2) is 5.13 Å². The van der Waals surface area contributed by atoms with Gasteiger partial charge in [0.1, 0.15) is 4.75 Å². The summed E-state index contributed by atoms with van der Waals surface area (Å²) < 4.78 is -0.682. The number of thioether (sulfide) groups is 1. The van der Waals surface area contributed by atoms with Gasteiger partial charge in [-0.3, -0.25) is 4.79 Å². The molecule has 2 heterocycles. The van der Waals surface area contributed by atoms with Crippen LogP contribution in [0, 0.1) is 0 Å². The number of anilines is 3. The molecule has 0 bridgehead atoms. The Bertz CT molecular complexity index is 789. The van der Waals surface area contributed by atoms with Gasteiger partial charge in [-0.2, -0.15) is 0 Å². The number of hydrogen-bond donors (Lipinski definition) is 2. The van der Waals surface area contributed by atoms with Crippen LogP contribution in [0.15, 0.2) is 40.6 Å². The van der Waals surface area contributed by atoms with Crippen molar-refractivity contribution >= 4 is 74.3 Å². The average Bonchev–Trinajstić information content (AvgIpc) is 3.15. The Morgan fingerprint density at radius 2 is 2.00 bits per heavy atom. The SMILES string of the molecule is Br.CC1=CCC(C(=O)S)(c2csc(Nc3ccc(N(C)C)cc3)n2)S1. The molecule has 0 spiro atoms. The van der Waals surface area contributed by atoms with Gasteiger partial charge in [-0.25, -0.2) is 4.98 Å². The smallest absolute Gasteiger partial charge is 0.208 e. The number of halogens is 1. The summed E-state index contributed by atoms with van der Waals surface area (Å²) in [4.78, 5) is 20.0. The van der Waals surface area contributed by atoms with Crippen molar-refractivity contribution in [2.24, 2.45) is 0 Å². The number of thiol groups is 1. The van der Waals surface area contributed by atoms with E-state index in [0.717, 1.165) is 27.1 Å². The molecule has 1 aliphatic heterocycles. The van der Waals surface area contributed by atoms with Gasteiger partial charge in [0.25, 0.3) is 0 Å². The predicted molar refractivity (Wildman–Crippen MR) is 118 cm³/mol. The number of thiazole rings is 1. The normalized spacial score (nSPS) is 19.1. The fourth-order valence-corrected chi connectivity index (χ4v) is 4.93. The second-order valence-electron chi connectivity index (χ2n) is 5.86. The first-order chi connectivity index (χ1) is 11.4. The lowest BCUT2D eigenvalue weighted by atomic mass is 10.0. The summed E-state index contributed by atoms with van der Waals surface area (Å²) in [6, 6.07) is 8.14. The summed E-state index contributed by atoms with van der Waals surface area (Å²) in [5.74, 6) is 0. The van der Waals surface area contributed by atoms with E-state index in [9.17, 15) is 4.79 Å². The molecule has 134 valence electrons. The van der Waals surface area contributed by atoms with Gasteiger partial charge in [-0.1, -0.05) is 6.08 Å². The summed E-state index contributed by atoms with van der Waals surface area (Å²) in [5.41, 5.74) is 2.89. The zero-order valence-electron chi connectivity index (χ0n) is 14.1. The summed E-state index contributed by atoms with van der Waals surface area (Å²) in [6.07, 6.45) is 2.72. The van der Waals surface area contributed by atoms with Crippen molar-refractivity contribution in [2.45, 2.75) is 18.1 Å². The first-order valence-electron chi connectivity index (χ1n) is 7.50. The number of benzene rings is 1. The quantitative estimate of drug-likeness (QED) is 0.602. The van der Waals surface area contributed by atoms with Crippen LogP contribution >= 0.6 is 52.7 Å². The fourth-order valence-electron chi connectivity index (χ4n) is 2.53. The minimum absolute atomic E-state index is 0.